The van der Waals surface area contributed by atoms with Gasteiger partial charge in [0.1, 0.15) is 5.82 Å². The smallest absolute Gasteiger partial charge is 0.337 e. The van der Waals surface area contributed by atoms with Crippen LogP contribution >= 0.6 is 0 Å². The number of aromatic nitrogens is 1. The number of anilines is 2. The van der Waals surface area contributed by atoms with Gasteiger partial charge in [-0.3, -0.25) is 0 Å². The second-order valence-corrected chi connectivity index (χ2v) is 6.57. The van der Waals surface area contributed by atoms with Gasteiger partial charge in [0.25, 0.3) is 0 Å². The number of hydrogen-bond acceptors (Lipinski definition) is 5. The largest absolute Gasteiger partial charge is 0.478 e. The molecule has 1 aromatic carbocycles. The summed E-state index contributed by atoms with van der Waals surface area (Å²) in [6.45, 7) is 1.61. The fourth-order valence-corrected chi connectivity index (χ4v) is 2.42. The van der Waals surface area contributed by atoms with Gasteiger partial charge in [-0.25, -0.2) is 18.2 Å². The van der Waals surface area contributed by atoms with E-state index in [9.17, 15) is 13.2 Å². The van der Waals surface area contributed by atoms with E-state index < -0.39 is 15.8 Å². The van der Waals surface area contributed by atoms with Gasteiger partial charge in [0.2, 0.25) is 0 Å². The Kier molecular flexibility index (Phi) is 3.95. The van der Waals surface area contributed by atoms with E-state index in [1.807, 2.05) is 0 Å². The second kappa shape index (κ2) is 5.53. The third-order valence-electron chi connectivity index (χ3n) is 2.87. The minimum atomic E-state index is -3.22. The number of pyridine rings is 1. The minimum Gasteiger partial charge on any atom is -0.478 e. The first-order valence-electron chi connectivity index (χ1n) is 6.05. The molecule has 7 heteroatoms. The summed E-state index contributed by atoms with van der Waals surface area (Å²) in [5.41, 5.74) is 1.21. The molecule has 110 valence electrons. The van der Waals surface area contributed by atoms with Crippen molar-refractivity contribution >= 4 is 27.3 Å². The van der Waals surface area contributed by atoms with Gasteiger partial charge < -0.3 is 10.4 Å². The van der Waals surface area contributed by atoms with Crippen LogP contribution in [0.4, 0.5) is 11.5 Å². The Hall–Kier alpha value is -2.41. The third-order valence-corrected chi connectivity index (χ3v) is 4.00. The van der Waals surface area contributed by atoms with Crippen LogP contribution in [-0.4, -0.2) is 30.7 Å². The predicted octanol–water partition coefficient (Wildman–Crippen LogP) is 2.24. The number of carboxylic acids is 1. The zero-order valence-electron chi connectivity index (χ0n) is 11.5. The van der Waals surface area contributed by atoms with Crippen LogP contribution < -0.4 is 5.32 Å². The van der Waals surface area contributed by atoms with Crippen LogP contribution in [0.3, 0.4) is 0 Å². The Morgan fingerprint density at radius 3 is 2.24 bits per heavy atom. The average molecular weight is 306 g/mol. The number of benzene rings is 1. The van der Waals surface area contributed by atoms with Gasteiger partial charge in [-0.2, -0.15) is 0 Å². The van der Waals surface area contributed by atoms with Gasteiger partial charge >= 0.3 is 5.97 Å². The van der Waals surface area contributed by atoms with Crippen LogP contribution in [0.15, 0.2) is 41.3 Å². The van der Waals surface area contributed by atoms with Crippen molar-refractivity contribution in [2.45, 2.75) is 11.8 Å². The van der Waals surface area contributed by atoms with Crippen LogP contribution in [0, 0.1) is 6.92 Å². The summed E-state index contributed by atoms with van der Waals surface area (Å²) in [5, 5.41) is 11.9. The molecule has 0 saturated heterocycles. The maximum atomic E-state index is 11.4. The second-order valence-electron chi connectivity index (χ2n) is 4.56. The number of nitrogens with one attached hydrogen (secondary N) is 1. The van der Waals surface area contributed by atoms with Gasteiger partial charge in [-0.05, 0) is 43.3 Å². The highest BCUT2D eigenvalue weighted by Crippen LogP contribution is 2.19. The lowest BCUT2D eigenvalue weighted by atomic mass is 10.2. The number of carboxylic acid groups (broad SMARTS) is 1. The zero-order chi connectivity index (χ0) is 15.6. The van der Waals surface area contributed by atoms with E-state index in [0.29, 0.717) is 17.2 Å². The van der Waals surface area contributed by atoms with Crippen LogP contribution in [0.5, 0.6) is 0 Å². The van der Waals surface area contributed by atoms with E-state index in [0.717, 1.165) is 6.26 Å². The molecule has 2 rings (SSSR count). The monoisotopic (exact) mass is 306 g/mol. The summed E-state index contributed by atoms with van der Waals surface area (Å²) in [5.74, 6) is -0.534. The van der Waals surface area contributed by atoms with E-state index in [-0.39, 0.29) is 10.5 Å². The number of sulfone groups is 1. The molecule has 0 saturated carbocycles. The first-order valence-corrected chi connectivity index (χ1v) is 7.94. The van der Waals surface area contributed by atoms with Crippen molar-refractivity contribution in [3.63, 3.8) is 0 Å². The van der Waals surface area contributed by atoms with Crippen molar-refractivity contribution < 1.29 is 18.3 Å². The van der Waals surface area contributed by atoms with Crippen LogP contribution in [0.2, 0.25) is 0 Å². The molecule has 0 atom stereocenters. The fraction of sp³-hybridized carbons (Fsp3) is 0.143. The molecule has 0 bridgehead atoms. The van der Waals surface area contributed by atoms with Crippen molar-refractivity contribution in [1.29, 1.82) is 0 Å². The standard InChI is InChI=1S/C14H14N2O4S/c1-9-12(14(17)18)7-8-13(15-9)16-10-3-5-11(6-4-10)21(2,19)20/h3-8H,1-2H3,(H,15,16)(H,17,18). The molecule has 0 aliphatic rings. The summed E-state index contributed by atoms with van der Waals surface area (Å²) in [7, 11) is -3.22. The molecule has 1 aromatic heterocycles. The Labute approximate surface area is 122 Å². The van der Waals surface area contributed by atoms with Gasteiger partial charge in [-0.15, -0.1) is 0 Å². The molecule has 0 spiro atoms. The summed E-state index contributed by atoms with van der Waals surface area (Å²) < 4.78 is 22.7. The lowest BCUT2D eigenvalue weighted by Crippen LogP contribution is -2.03. The van der Waals surface area contributed by atoms with Crippen LogP contribution in [-0.2, 0) is 9.84 Å². The topological polar surface area (TPSA) is 96.4 Å². The lowest BCUT2D eigenvalue weighted by molar-refractivity contribution is 0.0695. The SMILES string of the molecule is Cc1nc(Nc2ccc(S(C)(=O)=O)cc2)ccc1C(=O)O. The van der Waals surface area contributed by atoms with Crippen molar-refractivity contribution in [1.82, 2.24) is 4.98 Å². The van der Waals surface area contributed by atoms with Crippen molar-refractivity contribution in [2.24, 2.45) is 0 Å². The molecular weight excluding hydrogens is 292 g/mol. The van der Waals surface area contributed by atoms with E-state index in [2.05, 4.69) is 10.3 Å². The van der Waals surface area contributed by atoms with E-state index >= 15 is 0 Å². The predicted molar refractivity (Wildman–Crippen MR) is 78.8 cm³/mol. The van der Waals surface area contributed by atoms with Gasteiger partial charge in [-0.1, -0.05) is 0 Å². The molecule has 0 amide bonds. The maximum Gasteiger partial charge on any atom is 0.337 e. The highest BCUT2D eigenvalue weighted by molar-refractivity contribution is 7.90. The molecule has 0 fully saturated rings. The number of hydrogen-bond donors (Lipinski definition) is 2. The van der Waals surface area contributed by atoms with Crippen molar-refractivity contribution in [2.75, 3.05) is 11.6 Å². The Balaban J connectivity index is 2.23. The highest BCUT2D eigenvalue weighted by atomic mass is 32.2. The Morgan fingerprint density at radius 1 is 1.14 bits per heavy atom. The summed E-state index contributed by atoms with van der Waals surface area (Å²) in [4.78, 5) is 15.3. The first kappa shape index (κ1) is 15.0. The van der Waals surface area contributed by atoms with E-state index in [4.69, 9.17) is 5.11 Å². The Morgan fingerprint density at radius 2 is 1.76 bits per heavy atom. The van der Waals surface area contributed by atoms with Gasteiger partial charge in [0.15, 0.2) is 9.84 Å². The summed E-state index contributed by atoms with van der Waals surface area (Å²) in [6, 6.07) is 9.27. The van der Waals surface area contributed by atoms with Crippen molar-refractivity contribution in [3.05, 3.63) is 47.7 Å². The first-order chi connectivity index (χ1) is 9.77. The molecule has 0 aliphatic carbocycles. The van der Waals surface area contributed by atoms with E-state index in [1.54, 1.807) is 25.1 Å². The lowest BCUT2D eigenvalue weighted by Gasteiger charge is -2.08. The molecule has 6 nitrogen and oxygen atoms in total. The molecule has 2 N–H and O–H groups in total. The molecule has 21 heavy (non-hydrogen) atoms. The zero-order valence-corrected chi connectivity index (χ0v) is 12.3. The molecule has 0 aliphatic heterocycles. The molecule has 1 heterocycles. The van der Waals surface area contributed by atoms with Crippen LogP contribution in [0.25, 0.3) is 0 Å². The number of carbonyl (C=O) groups is 1. The number of rotatable bonds is 4. The quantitative estimate of drug-likeness (QED) is 0.899. The van der Waals surface area contributed by atoms with Gasteiger partial charge in [0.05, 0.1) is 16.2 Å². The number of nitrogens with zero attached hydrogens (tertiary/aromatic N) is 1. The number of aryl methyl sites for hydroxylation is 1. The van der Waals surface area contributed by atoms with Crippen molar-refractivity contribution in [3.8, 4) is 0 Å². The molecular formula is C14H14N2O4S. The molecule has 2 aromatic rings. The highest BCUT2D eigenvalue weighted by Gasteiger charge is 2.09. The molecule has 0 radical (unpaired) electrons. The van der Waals surface area contributed by atoms with Crippen LogP contribution in [0.1, 0.15) is 16.1 Å². The van der Waals surface area contributed by atoms with Gasteiger partial charge in [0, 0.05) is 11.9 Å². The molecule has 0 unspecified atom stereocenters. The maximum absolute atomic E-state index is 11.4. The minimum absolute atomic E-state index is 0.146. The summed E-state index contributed by atoms with van der Waals surface area (Å²) in [6.07, 6.45) is 1.14. The number of aromatic carboxylic acids is 1. The summed E-state index contributed by atoms with van der Waals surface area (Å²) >= 11 is 0. The third kappa shape index (κ3) is 3.57. The van der Waals surface area contributed by atoms with E-state index in [1.165, 1.54) is 18.2 Å². The Bertz CT molecular complexity index is 783. The fourth-order valence-electron chi connectivity index (χ4n) is 1.79. The average Bonchev–Trinajstić information content (AvgIpc) is 2.38. The normalized spacial score (nSPS) is 11.1.